The molecular formula is C18H31O3Si2. The van der Waals surface area contributed by atoms with Crippen LogP contribution in [-0.4, -0.2) is 29.7 Å². The van der Waals surface area contributed by atoms with Gasteiger partial charge < -0.3 is 8.85 Å². The Morgan fingerprint density at radius 2 is 1.70 bits per heavy atom. The van der Waals surface area contributed by atoms with Gasteiger partial charge in [0.2, 0.25) is 0 Å². The Bertz CT molecular complexity index is 498. The van der Waals surface area contributed by atoms with Crippen LogP contribution in [0.1, 0.15) is 37.6 Å². The minimum atomic E-state index is -1.40. The lowest BCUT2D eigenvalue weighted by molar-refractivity contribution is 0.0858. The van der Waals surface area contributed by atoms with Crippen LogP contribution in [0.5, 0.6) is 5.75 Å². The summed E-state index contributed by atoms with van der Waals surface area (Å²) in [6.07, 6.45) is 1.01. The predicted octanol–water partition coefficient (Wildman–Crippen LogP) is 5.16. The molecule has 0 fully saturated rings. The van der Waals surface area contributed by atoms with Gasteiger partial charge in [0.05, 0.1) is 6.61 Å². The Morgan fingerprint density at radius 1 is 1.13 bits per heavy atom. The fourth-order valence-electron chi connectivity index (χ4n) is 2.22. The number of rotatable bonds is 8. The van der Waals surface area contributed by atoms with Gasteiger partial charge in [-0.15, -0.1) is 0 Å². The molecule has 0 saturated carbocycles. The quantitative estimate of drug-likeness (QED) is 0.369. The third-order valence-electron chi connectivity index (χ3n) is 3.22. The van der Waals surface area contributed by atoms with Crippen molar-refractivity contribution in [1.29, 1.82) is 0 Å². The normalized spacial score (nSPS) is 12.5. The number of hydrogen-bond acceptors (Lipinski definition) is 3. The molecule has 0 bridgehead atoms. The van der Waals surface area contributed by atoms with Crippen molar-refractivity contribution < 1.29 is 13.6 Å². The Kier molecular flexibility index (Phi) is 7.23. The highest BCUT2D eigenvalue weighted by atomic mass is 28.4. The molecule has 0 aromatic heterocycles. The summed E-state index contributed by atoms with van der Waals surface area (Å²) in [6, 6.07) is 8.58. The van der Waals surface area contributed by atoms with Gasteiger partial charge >= 0.3 is 0 Å². The zero-order valence-electron chi connectivity index (χ0n) is 15.7. The van der Waals surface area contributed by atoms with Crippen molar-refractivity contribution >= 4 is 23.1 Å². The van der Waals surface area contributed by atoms with Crippen LogP contribution < -0.4 is 4.74 Å². The van der Waals surface area contributed by atoms with E-state index in [9.17, 15) is 4.79 Å². The number of ether oxygens (including phenoxy) is 1. The molecule has 1 radical (unpaired) electrons. The number of benzene rings is 1. The minimum Gasteiger partial charge on any atom is -0.494 e. The van der Waals surface area contributed by atoms with E-state index in [1.54, 1.807) is 0 Å². The van der Waals surface area contributed by atoms with Crippen molar-refractivity contribution in [2.24, 2.45) is 5.41 Å². The molecule has 0 atom stereocenters. The van der Waals surface area contributed by atoms with Crippen molar-refractivity contribution in [3.05, 3.63) is 29.8 Å². The van der Waals surface area contributed by atoms with Crippen LogP contribution in [0.25, 0.3) is 0 Å². The van der Waals surface area contributed by atoms with Gasteiger partial charge in [-0.2, -0.15) is 0 Å². The van der Waals surface area contributed by atoms with Crippen LogP contribution >= 0.6 is 0 Å². The highest BCUT2D eigenvalue weighted by Gasteiger charge is 2.22. The summed E-state index contributed by atoms with van der Waals surface area (Å²) < 4.78 is 11.9. The number of ketones is 1. The summed E-state index contributed by atoms with van der Waals surface area (Å²) in [7, 11) is -2.10. The Hall–Kier alpha value is -0.916. The predicted molar refractivity (Wildman–Crippen MR) is 101 cm³/mol. The number of carbonyl (C=O) groups is 1. The van der Waals surface area contributed by atoms with E-state index in [-0.39, 0.29) is 11.2 Å². The van der Waals surface area contributed by atoms with Crippen LogP contribution in [0.3, 0.4) is 0 Å². The van der Waals surface area contributed by atoms with E-state index in [0.717, 1.165) is 23.8 Å². The van der Waals surface area contributed by atoms with Crippen molar-refractivity contribution in [2.75, 3.05) is 6.61 Å². The van der Waals surface area contributed by atoms with Crippen LogP contribution in [0.4, 0.5) is 0 Å². The molecule has 0 N–H and O–H groups in total. The molecule has 0 aliphatic heterocycles. The van der Waals surface area contributed by atoms with E-state index >= 15 is 0 Å². The molecule has 1 aromatic carbocycles. The first-order valence-electron chi connectivity index (χ1n) is 8.28. The van der Waals surface area contributed by atoms with Gasteiger partial charge in [-0.1, -0.05) is 20.8 Å². The molecule has 0 unspecified atom stereocenters. The summed E-state index contributed by atoms with van der Waals surface area (Å²) in [4.78, 5) is 12.2. The van der Waals surface area contributed by atoms with Gasteiger partial charge in [-0.25, -0.2) is 0 Å². The zero-order chi connectivity index (χ0) is 17.7. The van der Waals surface area contributed by atoms with Crippen LogP contribution in [-0.2, 0) is 4.12 Å². The second kappa shape index (κ2) is 8.26. The second-order valence-electron chi connectivity index (χ2n) is 7.97. The zero-order valence-corrected chi connectivity index (χ0v) is 17.7. The maximum Gasteiger partial charge on any atom is 0.194 e. The van der Waals surface area contributed by atoms with Gasteiger partial charge in [-0.3, -0.25) is 4.79 Å². The van der Waals surface area contributed by atoms with Gasteiger partial charge in [0.15, 0.2) is 23.1 Å². The summed E-state index contributed by atoms with van der Waals surface area (Å²) in [5, 5.41) is 0. The number of Topliss-reactive ketones (excluding diaryl/α,β-unsaturated/α-hetero) is 1. The van der Waals surface area contributed by atoms with E-state index < -0.39 is 17.4 Å². The lowest BCUT2D eigenvalue weighted by Gasteiger charge is -2.22. The van der Waals surface area contributed by atoms with E-state index in [1.165, 1.54) is 0 Å². The highest BCUT2D eigenvalue weighted by Crippen LogP contribution is 2.22. The number of hydrogen-bond donors (Lipinski definition) is 0. The second-order valence-corrected chi connectivity index (χ2v) is 14.9. The van der Waals surface area contributed by atoms with Crippen LogP contribution in [0.15, 0.2) is 24.3 Å². The first kappa shape index (κ1) is 20.1. The summed E-state index contributed by atoms with van der Waals surface area (Å²) in [6.45, 7) is 15.4. The summed E-state index contributed by atoms with van der Waals surface area (Å²) >= 11 is 0. The molecular weight excluding hydrogens is 320 g/mol. The Balaban J connectivity index is 2.38. The van der Waals surface area contributed by atoms with E-state index in [2.05, 4.69) is 26.2 Å². The molecule has 23 heavy (non-hydrogen) atoms. The Morgan fingerprint density at radius 3 is 2.17 bits per heavy atom. The first-order chi connectivity index (χ1) is 10.5. The third-order valence-corrected chi connectivity index (χ3v) is 8.12. The fourth-order valence-corrected chi connectivity index (χ4v) is 7.45. The summed E-state index contributed by atoms with van der Waals surface area (Å²) in [5.74, 6) is 0.984. The van der Waals surface area contributed by atoms with Crippen molar-refractivity contribution in [3.63, 3.8) is 0 Å². The topological polar surface area (TPSA) is 35.5 Å². The van der Waals surface area contributed by atoms with Gasteiger partial charge in [0, 0.05) is 11.0 Å². The molecule has 3 nitrogen and oxygen atoms in total. The molecule has 129 valence electrons. The van der Waals surface area contributed by atoms with Gasteiger partial charge in [0.25, 0.3) is 0 Å². The monoisotopic (exact) mass is 351 g/mol. The van der Waals surface area contributed by atoms with Crippen LogP contribution in [0, 0.1) is 5.41 Å². The molecule has 0 saturated heterocycles. The van der Waals surface area contributed by atoms with Crippen molar-refractivity contribution in [1.82, 2.24) is 0 Å². The maximum absolute atomic E-state index is 12.2. The van der Waals surface area contributed by atoms with E-state index in [0.29, 0.717) is 6.61 Å². The van der Waals surface area contributed by atoms with Crippen LogP contribution in [0.2, 0.25) is 32.2 Å². The lowest BCUT2D eigenvalue weighted by Crippen LogP contribution is -2.33. The average Bonchev–Trinajstić information content (AvgIpc) is 2.40. The number of carbonyl (C=O) groups excluding carboxylic acids is 1. The Labute approximate surface area is 144 Å². The van der Waals surface area contributed by atoms with Gasteiger partial charge in [-0.05, 0) is 62.9 Å². The summed E-state index contributed by atoms with van der Waals surface area (Å²) in [5.41, 5.74) is 0.394. The smallest absolute Gasteiger partial charge is 0.194 e. The SMILES string of the molecule is C[Si](CCCOc1ccc(C(=O)C(C)(C)C)cc1)O[Si](C)(C)C. The van der Waals surface area contributed by atoms with E-state index in [1.807, 2.05) is 45.0 Å². The largest absolute Gasteiger partial charge is 0.494 e. The molecule has 0 heterocycles. The fraction of sp³-hybridized carbons (Fsp3) is 0.611. The first-order valence-corrected chi connectivity index (χ1v) is 13.8. The van der Waals surface area contributed by atoms with Gasteiger partial charge in [0.1, 0.15) is 5.75 Å². The van der Waals surface area contributed by atoms with Crippen molar-refractivity contribution in [3.8, 4) is 5.75 Å². The lowest BCUT2D eigenvalue weighted by atomic mass is 9.86. The molecule has 0 aliphatic carbocycles. The van der Waals surface area contributed by atoms with Crippen molar-refractivity contribution in [2.45, 2.75) is 59.4 Å². The minimum absolute atomic E-state index is 0.158. The molecule has 0 amide bonds. The highest BCUT2D eigenvalue weighted by molar-refractivity contribution is 6.77. The standard InChI is InChI=1S/C18H31O3Si2/c1-18(2,3)17(19)15-9-11-16(12-10-15)20-13-8-14-22(4)21-23(5,6)7/h9-12H,8,13-14H2,1-7H3. The molecule has 1 rings (SSSR count). The third kappa shape index (κ3) is 7.95. The molecule has 5 heteroatoms. The molecule has 0 spiro atoms. The average molecular weight is 352 g/mol. The van der Waals surface area contributed by atoms with E-state index in [4.69, 9.17) is 8.85 Å². The molecule has 0 aliphatic rings. The maximum atomic E-state index is 12.2. The molecule has 1 aromatic rings.